The highest BCUT2D eigenvalue weighted by Crippen LogP contribution is 2.31. The van der Waals surface area contributed by atoms with Crippen LogP contribution in [0.2, 0.25) is 0 Å². The summed E-state index contributed by atoms with van der Waals surface area (Å²) in [6.45, 7) is 4.12. The van der Waals surface area contributed by atoms with Gasteiger partial charge in [0.2, 0.25) is 11.8 Å². The van der Waals surface area contributed by atoms with E-state index in [4.69, 9.17) is 5.11 Å². The van der Waals surface area contributed by atoms with Crippen LogP contribution in [0, 0.1) is 17.8 Å². The lowest BCUT2D eigenvalue weighted by Crippen LogP contribution is -2.45. The highest BCUT2D eigenvalue weighted by Gasteiger charge is 2.34. The first kappa shape index (κ1) is 18.7. The number of carboxylic acids is 1. The molecule has 24 heavy (non-hydrogen) atoms. The number of piperidine rings is 1. The van der Waals surface area contributed by atoms with Crippen molar-refractivity contribution in [1.82, 2.24) is 10.2 Å². The van der Waals surface area contributed by atoms with Crippen molar-refractivity contribution in [2.24, 2.45) is 17.8 Å². The second-order valence-electron chi connectivity index (χ2n) is 7.13. The van der Waals surface area contributed by atoms with Gasteiger partial charge in [0, 0.05) is 31.5 Å². The predicted molar refractivity (Wildman–Crippen MR) is 90.3 cm³/mol. The number of amides is 2. The maximum Gasteiger partial charge on any atom is 0.306 e. The molecule has 0 spiro atoms. The lowest BCUT2D eigenvalue weighted by molar-refractivity contribution is -0.146. The third-order valence-electron chi connectivity index (χ3n) is 5.43. The molecule has 6 heteroatoms. The van der Waals surface area contributed by atoms with Crippen LogP contribution in [0.15, 0.2) is 0 Å². The van der Waals surface area contributed by atoms with E-state index in [1.54, 1.807) is 0 Å². The number of carbonyl (C=O) groups is 3. The molecule has 2 aliphatic rings. The summed E-state index contributed by atoms with van der Waals surface area (Å²) in [6.07, 6.45) is 6.08. The molecule has 0 aromatic heterocycles. The van der Waals surface area contributed by atoms with Gasteiger partial charge in [-0.1, -0.05) is 13.3 Å². The molecular weight excluding hydrogens is 308 g/mol. The molecule has 0 aromatic rings. The number of likely N-dealkylation sites (tertiary alicyclic amines) is 1. The molecular formula is C18H30N2O4. The Bertz CT molecular complexity index is 450. The first-order chi connectivity index (χ1) is 11.5. The van der Waals surface area contributed by atoms with Gasteiger partial charge in [-0.3, -0.25) is 14.4 Å². The molecule has 2 rings (SSSR count). The van der Waals surface area contributed by atoms with Crippen LogP contribution in [0.4, 0.5) is 0 Å². The molecule has 1 heterocycles. The average molecular weight is 338 g/mol. The average Bonchev–Trinajstić information content (AvgIpc) is 2.61. The predicted octanol–water partition coefficient (Wildman–Crippen LogP) is 2.03. The highest BCUT2D eigenvalue weighted by atomic mass is 16.4. The molecule has 2 N–H and O–H groups in total. The molecule has 1 saturated carbocycles. The fourth-order valence-electron chi connectivity index (χ4n) is 3.74. The van der Waals surface area contributed by atoms with E-state index in [0.717, 1.165) is 32.2 Å². The van der Waals surface area contributed by atoms with E-state index >= 15 is 0 Å². The van der Waals surface area contributed by atoms with Crippen molar-refractivity contribution < 1.29 is 19.5 Å². The molecule has 1 aliphatic carbocycles. The summed E-state index contributed by atoms with van der Waals surface area (Å²) in [5.41, 5.74) is 0. The van der Waals surface area contributed by atoms with Crippen LogP contribution in [0.25, 0.3) is 0 Å². The summed E-state index contributed by atoms with van der Waals surface area (Å²) < 4.78 is 0. The SMILES string of the molecule is CCCCNC(=O)C1CCN(C(=O)C2CCC(C(=O)O)CC2)CC1. The van der Waals surface area contributed by atoms with Gasteiger partial charge in [0.1, 0.15) is 0 Å². The summed E-state index contributed by atoms with van der Waals surface area (Å²) >= 11 is 0. The number of aliphatic carboxylic acids is 1. The van der Waals surface area contributed by atoms with Crippen LogP contribution in [0.3, 0.4) is 0 Å². The maximum atomic E-state index is 12.6. The number of carbonyl (C=O) groups excluding carboxylic acids is 2. The molecule has 2 fully saturated rings. The van der Waals surface area contributed by atoms with Gasteiger partial charge in [0.25, 0.3) is 0 Å². The van der Waals surface area contributed by atoms with Gasteiger partial charge in [-0.2, -0.15) is 0 Å². The van der Waals surface area contributed by atoms with E-state index in [1.807, 2.05) is 4.90 Å². The van der Waals surface area contributed by atoms with Gasteiger partial charge in [-0.15, -0.1) is 0 Å². The van der Waals surface area contributed by atoms with Crippen LogP contribution in [-0.2, 0) is 14.4 Å². The Balaban J connectivity index is 1.73. The van der Waals surface area contributed by atoms with Gasteiger partial charge in [-0.25, -0.2) is 0 Å². The molecule has 0 radical (unpaired) electrons. The number of rotatable bonds is 6. The largest absolute Gasteiger partial charge is 0.481 e. The fourth-order valence-corrected chi connectivity index (χ4v) is 3.74. The minimum absolute atomic E-state index is 0.0219. The van der Waals surface area contributed by atoms with Crippen molar-refractivity contribution >= 4 is 17.8 Å². The van der Waals surface area contributed by atoms with E-state index in [0.29, 0.717) is 38.8 Å². The zero-order valence-corrected chi connectivity index (χ0v) is 14.6. The number of nitrogens with one attached hydrogen (secondary N) is 1. The lowest BCUT2D eigenvalue weighted by atomic mass is 9.81. The fraction of sp³-hybridized carbons (Fsp3) is 0.833. The second kappa shape index (κ2) is 9.04. The van der Waals surface area contributed by atoms with Crippen LogP contribution >= 0.6 is 0 Å². The van der Waals surface area contributed by atoms with Gasteiger partial charge in [-0.05, 0) is 44.9 Å². The topological polar surface area (TPSA) is 86.7 Å². The van der Waals surface area contributed by atoms with Crippen LogP contribution in [0.5, 0.6) is 0 Å². The zero-order valence-electron chi connectivity index (χ0n) is 14.6. The van der Waals surface area contributed by atoms with E-state index in [1.165, 1.54) is 0 Å². The standard InChI is InChI=1S/C18H30N2O4/c1-2-3-10-19-16(21)13-8-11-20(12-9-13)17(22)14-4-6-15(7-5-14)18(23)24/h13-15H,2-12H2,1H3,(H,19,21)(H,23,24). The molecule has 0 unspecified atom stereocenters. The van der Waals surface area contributed by atoms with Crippen molar-refractivity contribution in [2.75, 3.05) is 19.6 Å². The zero-order chi connectivity index (χ0) is 17.5. The number of unbranched alkanes of at least 4 members (excludes halogenated alkanes) is 1. The first-order valence-electron chi connectivity index (χ1n) is 9.32. The number of hydrogen-bond donors (Lipinski definition) is 2. The Hall–Kier alpha value is -1.59. The summed E-state index contributed by atoms with van der Waals surface area (Å²) in [4.78, 5) is 37.5. The van der Waals surface area contributed by atoms with E-state index in [-0.39, 0.29) is 29.6 Å². The molecule has 0 aromatic carbocycles. The third-order valence-corrected chi connectivity index (χ3v) is 5.43. The van der Waals surface area contributed by atoms with Crippen molar-refractivity contribution in [3.05, 3.63) is 0 Å². The summed E-state index contributed by atoms with van der Waals surface area (Å²) in [5.74, 6) is -0.757. The van der Waals surface area contributed by atoms with E-state index in [9.17, 15) is 14.4 Å². The van der Waals surface area contributed by atoms with Crippen molar-refractivity contribution in [1.29, 1.82) is 0 Å². The van der Waals surface area contributed by atoms with Crippen molar-refractivity contribution in [3.63, 3.8) is 0 Å². The Labute approximate surface area is 144 Å². The lowest BCUT2D eigenvalue weighted by Gasteiger charge is -2.35. The maximum absolute atomic E-state index is 12.6. The molecule has 2 amide bonds. The monoisotopic (exact) mass is 338 g/mol. The third kappa shape index (κ3) is 4.95. The summed E-state index contributed by atoms with van der Waals surface area (Å²) in [7, 11) is 0. The number of hydrogen-bond acceptors (Lipinski definition) is 3. The van der Waals surface area contributed by atoms with E-state index in [2.05, 4.69) is 12.2 Å². The van der Waals surface area contributed by atoms with Crippen LogP contribution < -0.4 is 5.32 Å². The van der Waals surface area contributed by atoms with Gasteiger partial charge < -0.3 is 15.3 Å². The quantitative estimate of drug-likeness (QED) is 0.726. The summed E-state index contributed by atoms with van der Waals surface area (Å²) in [5, 5.41) is 12.0. The van der Waals surface area contributed by atoms with Crippen LogP contribution in [0.1, 0.15) is 58.3 Å². The highest BCUT2D eigenvalue weighted by molar-refractivity contribution is 5.81. The summed E-state index contributed by atoms with van der Waals surface area (Å²) in [6, 6.07) is 0. The van der Waals surface area contributed by atoms with Crippen LogP contribution in [-0.4, -0.2) is 47.4 Å². The number of carboxylic acid groups (broad SMARTS) is 1. The molecule has 0 atom stereocenters. The van der Waals surface area contributed by atoms with Gasteiger partial charge >= 0.3 is 5.97 Å². The van der Waals surface area contributed by atoms with Gasteiger partial charge in [0.15, 0.2) is 0 Å². The minimum Gasteiger partial charge on any atom is -0.481 e. The normalized spacial score (nSPS) is 25.3. The van der Waals surface area contributed by atoms with Crippen molar-refractivity contribution in [3.8, 4) is 0 Å². The first-order valence-corrected chi connectivity index (χ1v) is 9.32. The second-order valence-corrected chi connectivity index (χ2v) is 7.13. The molecule has 1 saturated heterocycles. The smallest absolute Gasteiger partial charge is 0.306 e. The molecule has 1 aliphatic heterocycles. The van der Waals surface area contributed by atoms with E-state index < -0.39 is 5.97 Å². The number of nitrogens with zero attached hydrogens (tertiary/aromatic N) is 1. The molecule has 0 bridgehead atoms. The molecule has 136 valence electrons. The minimum atomic E-state index is -0.740. The Morgan fingerprint density at radius 2 is 1.54 bits per heavy atom. The Kier molecular flexibility index (Phi) is 7.06. The molecule has 6 nitrogen and oxygen atoms in total. The Morgan fingerprint density at radius 3 is 2.08 bits per heavy atom. The Morgan fingerprint density at radius 1 is 0.958 bits per heavy atom. The van der Waals surface area contributed by atoms with Crippen molar-refractivity contribution in [2.45, 2.75) is 58.3 Å². The van der Waals surface area contributed by atoms with Gasteiger partial charge in [0.05, 0.1) is 5.92 Å².